The average molecular weight is 250 g/mol. The molecule has 0 spiro atoms. The molecule has 0 aliphatic carbocycles. The SMILES string of the molecule is Cn1c(C(=O)NCC(N)=O)cc(Cl)c1Cl. The van der Waals surface area contributed by atoms with E-state index in [9.17, 15) is 9.59 Å². The van der Waals surface area contributed by atoms with E-state index in [1.54, 1.807) is 7.05 Å². The molecule has 7 heteroatoms. The summed E-state index contributed by atoms with van der Waals surface area (Å²) in [5.41, 5.74) is 5.15. The zero-order valence-electron chi connectivity index (χ0n) is 7.88. The van der Waals surface area contributed by atoms with Crippen molar-refractivity contribution in [2.24, 2.45) is 12.8 Å². The molecule has 0 aliphatic rings. The van der Waals surface area contributed by atoms with Crippen LogP contribution in [0, 0.1) is 0 Å². The molecule has 5 nitrogen and oxygen atoms in total. The molecule has 0 saturated heterocycles. The number of hydrogen-bond donors (Lipinski definition) is 2. The van der Waals surface area contributed by atoms with E-state index in [0.29, 0.717) is 0 Å². The molecule has 0 atom stereocenters. The van der Waals surface area contributed by atoms with E-state index in [2.05, 4.69) is 5.32 Å². The molecule has 0 aromatic carbocycles. The van der Waals surface area contributed by atoms with Crippen LogP contribution >= 0.6 is 23.2 Å². The Labute approximate surface area is 96.1 Å². The fourth-order valence-corrected chi connectivity index (χ4v) is 1.39. The largest absolute Gasteiger partial charge is 0.368 e. The van der Waals surface area contributed by atoms with E-state index < -0.39 is 11.8 Å². The van der Waals surface area contributed by atoms with Crippen LogP contribution in [0.15, 0.2) is 6.07 Å². The van der Waals surface area contributed by atoms with E-state index >= 15 is 0 Å². The van der Waals surface area contributed by atoms with E-state index in [0.717, 1.165) is 0 Å². The predicted octanol–water partition coefficient (Wildman–Crippen LogP) is 0.547. The quantitative estimate of drug-likeness (QED) is 0.821. The number of amides is 2. The van der Waals surface area contributed by atoms with Crippen LogP contribution in [0.1, 0.15) is 10.5 Å². The van der Waals surface area contributed by atoms with Crippen LogP contribution in [-0.2, 0) is 11.8 Å². The molecular formula is C8H9Cl2N3O2. The van der Waals surface area contributed by atoms with Crippen molar-refractivity contribution in [1.82, 2.24) is 9.88 Å². The summed E-state index contributed by atoms with van der Waals surface area (Å²) in [5, 5.41) is 2.87. The van der Waals surface area contributed by atoms with Gasteiger partial charge >= 0.3 is 0 Å². The van der Waals surface area contributed by atoms with Crippen molar-refractivity contribution in [2.75, 3.05) is 6.54 Å². The third-order valence-electron chi connectivity index (χ3n) is 1.77. The van der Waals surface area contributed by atoms with E-state index in [1.165, 1.54) is 10.6 Å². The van der Waals surface area contributed by atoms with Gasteiger partial charge < -0.3 is 15.6 Å². The number of rotatable bonds is 3. The summed E-state index contributed by atoms with van der Waals surface area (Å²) in [7, 11) is 1.59. The standard InChI is InChI=1S/C8H9Cl2N3O2/c1-13-5(2-4(9)7(13)10)8(15)12-3-6(11)14/h2H,3H2,1H3,(H2,11,14)(H,12,15). The highest BCUT2D eigenvalue weighted by Crippen LogP contribution is 2.24. The van der Waals surface area contributed by atoms with Gasteiger partial charge in [0.2, 0.25) is 5.91 Å². The third-order valence-corrected chi connectivity index (χ3v) is 2.61. The first-order chi connectivity index (χ1) is 6.93. The predicted molar refractivity (Wildman–Crippen MR) is 57.0 cm³/mol. The minimum absolute atomic E-state index is 0.223. The van der Waals surface area contributed by atoms with Crippen LogP contribution in [-0.4, -0.2) is 22.9 Å². The molecule has 1 aromatic rings. The summed E-state index contributed by atoms with van der Waals surface area (Å²) in [6, 6.07) is 1.42. The van der Waals surface area contributed by atoms with Crippen molar-refractivity contribution in [3.63, 3.8) is 0 Å². The molecule has 0 aliphatic heterocycles. The molecule has 0 saturated carbocycles. The van der Waals surface area contributed by atoms with Crippen LogP contribution in [0.3, 0.4) is 0 Å². The lowest BCUT2D eigenvalue weighted by atomic mass is 10.4. The van der Waals surface area contributed by atoms with Gasteiger partial charge in [-0.25, -0.2) is 0 Å². The highest BCUT2D eigenvalue weighted by atomic mass is 35.5. The lowest BCUT2D eigenvalue weighted by Gasteiger charge is -2.04. The second-order valence-electron chi connectivity index (χ2n) is 2.88. The number of carbonyl (C=O) groups is 2. The fraction of sp³-hybridized carbons (Fsp3) is 0.250. The number of nitrogens with one attached hydrogen (secondary N) is 1. The molecule has 1 heterocycles. The molecular weight excluding hydrogens is 241 g/mol. The van der Waals surface area contributed by atoms with Crippen LogP contribution in [0.4, 0.5) is 0 Å². The second-order valence-corrected chi connectivity index (χ2v) is 3.64. The Morgan fingerprint density at radius 1 is 1.53 bits per heavy atom. The van der Waals surface area contributed by atoms with Crippen LogP contribution in [0.5, 0.6) is 0 Å². The number of nitrogens with two attached hydrogens (primary N) is 1. The summed E-state index contributed by atoms with van der Waals surface area (Å²) < 4.78 is 1.42. The maximum absolute atomic E-state index is 11.5. The summed E-state index contributed by atoms with van der Waals surface area (Å²) in [6.07, 6.45) is 0. The van der Waals surface area contributed by atoms with Gasteiger partial charge in [-0.15, -0.1) is 0 Å². The first-order valence-electron chi connectivity index (χ1n) is 4.00. The maximum Gasteiger partial charge on any atom is 0.268 e. The minimum Gasteiger partial charge on any atom is -0.368 e. The Kier molecular flexibility index (Phi) is 3.60. The third kappa shape index (κ3) is 2.64. The van der Waals surface area contributed by atoms with Gasteiger partial charge in [-0.2, -0.15) is 0 Å². The normalized spacial score (nSPS) is 10.1. The van der Waals surface area contributed by atoms with Crippen molar-refractivity contribution in [3.05, 3.63) is 21.9 Å². The number of aromatic nitrogens is 1. The van der Waals surface area contributed by atoms with Gasteiger partial charge in [0, 0.05) is 7.05 Å². The number of carbonyl (C=O) groups excluding carboxylic acids is 2. The summed E-state index contributed by atoms with van der Waals surface area (Å²) in [6.45, 7) is -0.223. The zero-order valence-corrected chi connectivity index (χ0v) is 9.39. The van der Waals surface area contributed by atoms with Crippen LogP contribution in [0.2, 0.25) is 10.2 Å². The molecule has 1 rings (SSSR count). The van der Waals surface area contributed by atoms with E-state index in [-0.39, 0.29) is 22.4 Å². The van der Waals surface area contributed by atoms with Crippen molar-refractivity contribution in [3.8, 4) is 0 Å². The lowest BCUT2D eigenvalue weighted by Crippen LogP contribution is -2.34. The maximum atomic E-state index is 11.5. The molecule has 1 aromatic heterocycles. The second kappa shape index (κ2) is 4.55. The highest BCUT2D eigenvalue weighted by molar-refractivity contribution is 6.41. The Balaban J connectivity index is 2.83. The van der Waals surface area contributed by atoms with Gasteiger partial charge in [-0.1, -0.05) is 23.2 Å². The number of halogens is 2. The van der Waals surface area contributed by atoms with Gasteiger partial charge in [-0.05, 0) is 6.07 Å². The monoisotopic (exact) mass is 249 g/mol. The first-order valence-corrected chi connectivity index (χ1v) is 4.76. The Hall–Kier alpha value is -1.20. The number of primary amides is 1. The van der Waals surface area contributed by atoms with Crippen molar-refractivity contribution in [2.45, 2.75) is 0 Å². The molecule has 15 heavy (non-hydrogen) atoms. The summed E-state index contributed by atoms with van der Waals surface area (Å²) in [4.78, 5) is 21.9. The van der Waals surface area contributed by atoms with Crippen molar-refractivity contribution >= 4 is 35.0 Å². The first kappa shape index (κ1) is 11.9. The molecule has 3 N–H and O–H groups in total. The number of hydrogen-bond acceptors (Lipinski definition) is 2. The molecule has 0 radical (unpaired) electrons. The Bertz CT molecular complexity index is 414. The van der Waals surface area contributed by atoms with E-state index in [4.69, 9.17) is 28.9 Å². The van der Waals surface area contributed by atoms with Gasteiger partial charge in [0.25, 0.3) is 5.91 Å². The Morgan fingerprint density at radius 2 is 2.13 bits per heavy atom. The molecule has 0 unspecified atom stereocenters. The minimum atomic E-state index is -0.616. The fourth-order valence-electron chi connectivity index (χ4n) is 1.02. The number of nitrogens with zero attached hydrogens (tertiary/aromatic N) is 1. The van der Waals surface area contributed by atoms with Crippen LogP contribution in [0.25, 0.3) is 0 Å². The highest BCUT2D eigenvalue weighted by Gasteiger charge is 2.15. The van der Waals surface area contributed by atoms with Crippen molar-refractivity contribution in [1.29, 1.82) is 0 Å². The van der Waals surface area contributed by atoms with Gasteiger partial charge in [0.15, 0.2) is 0 Å². The summed E-state index contributed by atoms with van der Waals surface area (Å²) >= 11 is 11.5. The van der Waals surface area contributed by atoms with Crippen molar-refractivity contribution < 1.29 is 9.59 Å². The lowest BCUT2D eigenvalue weighted by molar-refractivity contribution is -0.117. The Morgan fingerprint density at radius 3 is 2.53 bits per heavy atom. The topological polar surface area (TPSA) is 77.1 Å². The smallest absolute Gasteiger partial charge is 0.268 e. The summed E-state index contributed by atoms with van der Waals surface area (Å²) in [5.74, 6) is -1.07. The average Bonchev–Trinajstić information content (AvgIpc) is 2.42. The van der Waals surface area contributed by atoms with Crippen LogP contribution < -0.4 is 11.1 Å². The van der Waals surface area contributed by atoms with Gasteiger partial charge in [0.05, 0.1) is 11.6 Å². The molecule has 0 fully saturated rings. The van der Waals surface area contributed by atoms with Gasteiger partial charge in [-0.3, -0.25) is 9.59 Å². The molecule has 2 amide bonds. The zero-order chi connectivity index (χ0) is 11.6. The van der Waals surface area contributed by atoms with E-state index in [1.807, 2.05) is 0 Å². The molecule has 0 bridgehead atoms. The molecule has 82 valence electrons. The van der Waals surface area contributed by atoms with Gasteiger partial charge in [0.1, 0.15) is 10.8 Å².